The highest BCUT2D eigenvalue weighted by Crippen LogP contribution is 2.43. The summed E-state index contributed by atoms with van der Waals surface area (Å²) in [6, 6.07) is 9.28. The summed E-state index contributed by atoms with van der Waals surface area (Å²) < 4.78 is 28.3. The van der Waals surface area contributed by atoms with Gasteiger partial charge in [-0.05, 0) is 57.0 Å². The molecule has 3 heterocycles. The van der Waals surface area contributed by atoms with E-state index in [9.17, 15) is 14.1 Å². The van der Waals surface area contributed by atoms with Crippen LogP contribution in [0.25, 0.3) is 11.0 Å². The quantitative estimate of drug-likeness (QED) is 0.620. The first-order valence-electron chi connectivity index (χ1n) is 10.8. The van der Waals surface area contributed by atoms with Crippen LogP contribution in [-0.2, 0) is 11.0 Å². The Labute approximate surface area is 193 Å². The van der Waals surface area contributed by atoms with Crippen LogP contribution in [0.1, 0.15) is 44.7 Å². The molecule has 9 heteroatoms. The molecule has 1 unspecified atom stereocenters. The van der Waals surface area contributed by atoms with E-state index in [0.717, 1.165) is 32.4 Å². The molecule has 170 valence electrons. The largest absolute Gasteiger partial charge is 0.485 e. The van der Waals surface area contributed by atoms with Crippen molar-refractivity contribution < 1.29 is 18.6 Å². The van der Waals surface area contributed by atoms with E-state index >= 15 is 0 Å². The minimum absolute atomic E-state index is 0.341. The zero-order valence-electron chi connectivity index (χ0n) is 17.9. The molecule has 7 nitrogen and oxygen atoms in total. The molecule has 0 radical (unpaired) electrons. The minimum Gasteiger partial charge on any atom is -0.485 e. The number of nitrogens with zero attached hydrogens (tertiary/aromatic N) is 2. The summed E-state index contributed by atoms with van der Waals surface area (Å²) in [5, 5.41) is 12.0. The maximum Gasteiger partial charge on any atom is 0.291 e. The number of aliphatic hydroxyl groups is 1. The zero-order chi connectivity index (χ0) is 22.6. The number of hydrogen-bond acceptors (Lipinski definition) is 5. The van der Waals surface area contributed by atoms with Gasteiger partial charge in [0.2, 0.25) is 0 Å². The molecule has 0 saturated carbocycles. The van der Waals surface area contributed by atoms with Gasteiger partial charge in [-0.1, -0.05) is 18.0 Å². The smallest absolute Gasteiger partial charge is 0.291 e. The number of aliphatic hydroxyl groups excluding tert-OH is 1. The van der Waals surface area contributed by atoms with Gasteiger partial charge in [0.05, 0.1) is 10.3 Å². The average molecular weight is 477 g/mol. The van der Waals surface area contributed by atoms with Crippen molar-refractivity contribution >= 4 is 33.6 Å². The van der Waals surface area contributed by atoms with Crippen LogP contribution in [-0.4, -0.2) is 43.2 Å². The molecule has 1 aromatic heterocycles. The fourth-order valence-corrected chi connectivity index (χ4v) is 5.95. The first kappa shape index (κ1) is 21.7. The van der Waals surface area contributed by atoms with E-state index in [1.165, 1.54) is 4.74 Å². The Bertz CT molecular complexity index is 1260. The molecule has 3 atom stereocenters. The Hall–Kier alpha value is -2.13. The van der Waals surface area contributed by atoms with Gasteiger partial charge in [0.15, 0.2) is 5.58 Å². The van der Waals surface area contributed by atoms with Gasteiger partial charge >= 0.3 is 0 Å². The Morgan fingerprint density at radius 1 is 1.12 bits per heavy atom. The summed E-state index contributed by atoms with van der Waals surface area (Å²) in [4.78, 5) is 13.8. The first-order valence-corrected chi connectivity index (χ1v) is 12.2. The van der Waals surface area contributed by atoms with Crippen LogP contribution in [0.5, 0.6) is 5.75 Å². The molecule has 32 heavy (non-hydrogen) atoms. The lowest BCUT2D eigenvalue weighted by Gasteiger charge is -2.41. The second-order valence-electron chi connectivity index (χ2n) is 8.90. The zero-order valence-corrected chi connectivity index (χ0v) is 19.5. The highest BCUT2D eigenvalue weighted by molar-refractivity contribution is 7.82. The Balaban J connectivity index is 1.64. The Kier molecular flexibility index (Phi) is 5.44. The van der Waals surface area contributed by atoms with E-state index in [2.05, 4.69) is 0 Å². The molecule has 2 aliphatic rings. The topological polar surface area (TPSA) is 84.9 Å². The SMILES string of the molecule is CC1(C)Oc2ccc(S(=O)N3CCCCC3)cc2[C@@H](n2oc3cc(Cl)ccc3c2=O)[C@@H]1O. The van der Waals surface area contributed by atoms with E-state index in [1.54, 1.807) is 50.2 Å². The summed E-state index contributed by atoms with van der Waals surface area (Å²) in [7, 11) is -1.33. The van der Waals surface area contributed by atoms with Crippen molar-refractivity contribution in [3.63, 3.8) is 0 Å². The number of halogens is 1. The molecule has 1 fully saturated rings. The standard InChI is InChI=1S/C23H25ClN2O5S/c1-23(2)21(27)20(26-22(28)16-8-6-14(24)12-19(16)31-26)17-13-15(7-9-18(17)30-23)32(29)25-10-4-3-5-11-25/h6-9,12-13,20-21,27H,3-5,10-11H2,1-2H3/t20-,21+,32?/m1/s1. The molecule has 1 saturated heterocycles. The molecule has 0 bridgehead atoms. The number of rotatable bonds is 3. The molecule has 5 rings (SSSR count). The monoisotopic (exact) mass is 476 g/mol. The maximum atomic E-state index is 13.2. The van der Waals surface area contributed by atoms with Crippen molar-refractivity contribution in [2.24, 2.45) is 0 Å². The van der Waals surface area contributed by atoms with E-state index in [-0.39, 0.29) is 5.56 Å². The van der Waals surface area contributed by atoms with Gasteiger partial charge in [0.25, 0.3) is 5.56 Å². The molecule has 1 N–H and O–H groups in total. The van der Waals surface area contributed by atoms with Crippen molar-refractivity contribution in [1.82, 2.24) is 9.05 Å². The van der Waals surface area contributed by atoms with Gasteiger partial charge in [-0.15, -0.1) is 0 Å². The molecule has 2 aliphatic heterocycles. The molecule has 2 aromatic carbocycles. The van der Waals surface area contributed by atoms with Crippen LogP contribution in [0.15, 0.2) is 50.6 Å². The van der Waals surface area contributed by atoms with Crippen LogP contribution in [0.2, 0.25) is 5.02 Å². The second-order valence-corrected chi connectivity index (χ2v) is 10.8. The van der Waals surface area contributed by atoms with E-state index in [0.29, 0.717) is 32.2 Å². The lowest BCUT2D eigenvalue weighted by Crippen LogP contribution is -2.51. The van der Waals surface area contributed by atoms with Gasteiger partial charge < -0.3 is 14.4 Å². The number of fused-ring (bicyclic) bond motifs is 2. The summed E-state index contributed by atoms with van der Waals surface area (Å²) in [6.45, 7) is 5.09. The van der Waals surface area contributed by atoms with Crippen LogP contribution < -0.4 is 10.3 Å². The highest BCUT2D eigenvalue weighted by atomic mass is 35.5. The van der Waals surface area contributed by atoms with Gasteiger partial charge in [0, 0.05) is 29.7 Å². The fraction of sp³-hybridized carbons (Fsp3) is 0.435. The Morgan fingerprint density at radius 3 is 2.62 bits per heavy atom. The minimum atomic E-state index is -1.33. The number of piperidine rings is 1. The average Bonchev–Trinajstić information content (AvgIpc) is 3.09. The van der Waals surface area contributed by atoms with Crippen molar-refractivity contribution in [3.8, 4) is 5.75 Å². The van der Waals surface area contributed by atoms with E-state index < -0.39 is 28.7 Å². The van der Waals surface area contributed by atoms with Crippen LogP contribution >= 0.6 is 11.6 Å². The Morgan fingerprint density at radius 2 is 1.88 bits per heavy atom. The summed E-state index contributed by atoms with van der Waals surface area (Å²) in [5.41, 5.74) is -0.436. The van der Waals surface area contributed by atoms with E-state index in [4.69, 9.17) is 20.9 Å². The predicted molar refractivity (Wildman–Crippen MR) is 123 cm³/mol. The van der Waals surface area contributed by atoms with Crippen LogP contribution in [0.4, 0.5) is 0 Å². The fourth-order valence-electron chi connectivity index (χ4n) is 4.49. The van der Waals surface area contributed by atoms with Crippen molar-refractivity contribution in [2.45, 2.75) is 55.8 Å². The number of benzene rings is 2. The predicted octanol–water partition coefficient (Wildman–Crippen LogP) is 3.88. The van der Waals surface area contributed by atoms with Gasteiger partial charge in [0.1, 0.15) is 34.5 Å². The lowest BCUT2D eigenvalue weighted by atomic mass is 9.86. The summed E-state index contributed by atoms with van der Waals surface area (Å²) >= 11 is 6.07. The van der Waals surface area contributed by atoms with Gasteiger partial charge in [-0.2, -0.15) is 4.74 Å². The maximum absolute atomic E-state index is 13.2. The number of ether oxygens (including phenoxy) is 1. The molecule has 0 spiro atoms. The van der Waals surface area contributed by atoms with Gasteiger partial charge in [-0.3, -0.25) is 4.79 Å². The second kappa shape index (κ2) is 8.02. The van der Waals surface area contributed by atoms with Crippen LogP contribution in [0, 0.1) is 0 Å². The third-order valence-electron chi connectivity index (χ3n) is 6.26. The van der Waals surface area contributed by atoms with Crippen LogP contribution in [0.3, 0.4) is 0 Å². The van der Waals surface area contributed by atoms with Crippen molar-refractivity contribution in [1.29, 1.82) is 0 Å². The van der Waals surface area contributed by atoms with Gasteiger partial charge in [-0.25, -0.2) is 8.51 Å². The molecular formula is C23H25ClN2O5S. The molecule has 0 aliphatic carbocycles. The van der Waals surface area contributed by atoms with Crippen molar-refractivity contribution in [3.05, 3.63) is 57.3 Å². The number of hydrogen-bond donors (Lipinski definition) is 1. The normalized spacial score (nSPS) is 24.1. The van der Waals surface area contributed by atoms with E-state index in [1.807, 2.05) is 4.31 Å². The molecule has 0 amide bonds. The summed E-state index contributed by atoms with van der Waals surface area (Å²) in [5.74, 6) is 0.523. The number of aromatic nitrogens is 1. The summed E-state index contributed by atoms with van der Waals surface area (Å²) in [6.07, 6.45) is 2.11. The highest BCUT2D eigenvalue weighted by Gasteiger charge is 2.46. The van der Waals surface area contributed by atoms with Crippen molar-refractivity contribution in [2.75, 3.05) is 13.1 Å². The lowest BCUT2D eigenvalue weighted by molar-refractivity contribution is -0.0765. The molecule has 3 aromatic rings. The third-order valence-corrected chi connectivity index (χ3v) is 7.99. The molecular weight excluding hydrogens is 452 g/mol. The third kappa shape index (κ3) is 3.59. The first-order chi connectivity index (χ1) is 15.3.